The van der Waals surface area contributed by atoms with E-state index >= 15 is 0 Å². The van der Waals surface area contributed by atoms with Crippen LogP contribution in [-0.4, -0.2) is 29.4 Å². The van der Waals surface area contributed by atoms with Gasteiger partial charge in [0.25, 0.3) is 0 Å². The minimum Gasteiger partial charge on any atom is -0.381 e. The second-order valence-corrected chi connectivity index (χ2v) is 6.41. The van der Waals surface area contributed by atoms with Gasteiger partial charge in [-0.2, -0.15) is 0 Å². The van der Waals surface area contributed by atoms with Gasteiger partial charge in [0, 0.05) is 23.8 Å². The molecule has 0 radical (unpaired) electrons. The fourth-order valence-electron chi connectivity index (χ4n) is 2.56. The number of hydrogen-bond acceptors (Lipinski definition) is 3. The van der Waals surface area contributed by atoms with Gasteiger partial charge in [0.2, 0.25) is 0 Å². The first-order chi connectivity index (χ1) is 6.58. The topological polar surface area (TPSA) is 21.3 Å². The molecule has 2 fully saturated rings. The minimum absolute atomic E-state index is 0.292. The average Bonchev–Trinajstić information content (AvgIpc) is 2.72. The number of rotatable bonds is 2. The Balaban J connectivity index is 2.10. The lowest BCUT2D eigenvalue weighted by molar-refractivity contribution is 0.166. The maximum atomic E-state index is 5.51. The van der Waals surface area contributed by atoms with Gasteiger partial charge in [-0.05, 0) is 26.7 Å². The molecule has 0 aromatic rings. The normalized spacial score (nSPS) is 41.8. The highest BCUT2D eigenvalue weighted by atomic mass is 32.2. The smallest absolute Gasteiger partial charge is 0.0698 e. The van der Waals surface area contributed by atoms with Crippen molar-refractivity contribution in [1.29, 1.82) is 0 Å². The van der Waals surface area contributed by atoms with E-state index in [1.54, 1.807) is 0 Å². The molecule has 0 aromatic heterocycles. The molecule has 0 saturated carbocycles. The first kappa shape index (κ1) is 10.8. The van der Waals surface area contributed by atoms with E-state index < -0.39 is 0 Å². The van der Waals surface area contributed by atoms with Crippen molar-refractivity contribution in [3.05, 3.63) is 0 Å². The fourth-order valence-corrected chi connectivity index (χ4v) is 4.22. The molecule has 14 heavy (non-hydrogen) atoms. The molecular weight excluding hydrogens is 194 g/mol. The zero-order valence-corrected chi connectivity index (χ0v) is 10.2. The largest absolute Gasteiger partial charge is 0.381 e. The van der Waals surface area contributed by atoms with Gasteiger partial charge in [-0.15, -0.1) is 11.8 Å². The molecular formula is C11H21NOS. The lowest BCUT2D eigenvalue weighted by Crippen LogP contribution is -2.51. The summed E-state index contributed by atoms with van der Waals surface area (Å²) in [6.07, 6.45) is 2.43. The maximum absolute atomic E-state index is 5.51. The van der Waals surface area contributed by atoms with E-state index in [-0.39, 0.29) is 0 Å². The first-order valence-electron chi connectivity index (χ1n) is 5.59. The Labute approximate surface area is 91.2 Å². The van der Waals surface area contributed by atoms with Crippen LogP contribution in [0.4, 0.5) is 0 Å². The summed E-state index contributed by atoms with van der Waals surface area (Å²) in [5.74, 6) is 1.93. The number of ether oxygens (including phenoxy) is 1. The molecule has 2 aliphatic rings. The molecule has 0 bridgehead atoms. The lowest BCUT2D eigenvalue weighted by atomic mass is 9.93. The van der Waals surface area contributed by atoms with Crippen molar-refractivity contribution in [3.8, 4) is 0 Å². The summed E-state index contributed by atoms with van der Waals surface area (Å²) < 4.78 is 5.51. The van der Waals surface area contributed by atoms with Gasteiger partial charge >= 0.3 is 0 Å². The van der Waals surface area contributed by atoms with Gasteiger partial charge in [-0.1, -0.05) is 6.92 Å². The average molecular weight is 215 g/mol. The van der Waals surface area contributed by atoms with Crippen LogP contribution in [0.2, 0.25) is 0 Å². The van der Waals surface area contributed by atoms with Crippen molar-refractivity contribution in [1.82, 2.24) is 5.32 Å². The number of hydrogen-bond donors (Lipinski definition) is 1. The maximum Gasteiger partial charge on any atom is 0.0698 e. The summed E-state index contributed by atoms with van der Waals surface area (Å²) in [5.41, 5.74) is 0.295. The van der Waals surface area contributed by atoms with Gasteiger partial charge in [0.1, 0.15) is 0 Å². The number of nitrogens with one attached hydrogen (secondary N) is 1. The van der Waals surface area contributed by atoms with E-state index in [1.807, 2.05) is 0 Å². The van der Waals surface area contributed by atoms with Crippen LogP contribution in [0.5, 0.6) is 0 Å². The summed E-state index contributed by atoms with van der Waals surface area (Å²) in [5, 5.41) is 3.82. The Morgan fingerprint density at radius 2 is 2.29 bits per heavy atom. The summed E-state index contributed by atoms with van der Waals surface area (Å²) >= 11 is 2.10. The van der Waals surface area contributed by atoms with Crippen molar-refractivity contribution >= 4 is 11.8 Å². The molecule has 0 amide bonds. The predicted molar refractivity (Wildman–Crippen MR) is 61.6 cm³/mol. The molecule has 1 N–H and O–H groups in total. The van der Waals surface area contributed by atoms with E-state index in [1.165, 1.54) is 18.6 Å². The molecule has 2 nitrogen and oxygen atoms in total. The SMILES string of the molecule is CCC1(C2CCOC2)NC(C)(C)CS1. The van der Waals surface area contributed by atoms with Crippen LogP contribution in [0.15, 0.2) is 0 Å². The molecule has 0 spiro atoms. The quantitative estimate of drug-likeness (QED) is 0.763. The Hall–Kier alpha value is 0.270. The third-order valence-electron chi connectivity index (χ3n) is 3.35. The van der Waals surface area contributed by atoms with Gasteiger partial charge in [-0.3, -0.25) is 5.32 Å². The van der Waals surface area contributed by atoms with E-state index in [9.17, 15) is 0 Å². The molecule has 0 aliphatic carbocycles. The highest BCUT2D eigenvalue weighted by molar-refractivity contribution is 8.01. The zero-order valence-electron chi connectivity index (χ0n) is 9.43. The van der Waals surface area contributed by atoms with Crippen molar-refractivity contribution in [2.75, 3.05) is 19.0 Å². The van der Waals surface area contributed by atoms with Crippen LogP contribution in [0.25, 0.3) is 0 Å². The summed E-state index contributed by atoms with van der Waals surface area (Å²) in [7, 11) is 0. The van der Waals surface area contributed by atoms with Crippen molar-refractivity contribution in [3.63, 3.8) is 0 Å². The van der Waals surface area contributed by atoms with Crippen LogP contribution < -0.4 is 5.32 Å². The van der Waals surface area contributed by atoms with Crippen LogP contribution >= 0.6 is 11.8 Å². The monoisotopic (exact) mass is 215 g/mol. The molecule has 2 unspecified atom stereocenters. The number of thioether (sulfide) groups is 1. The molecule has 2 aliphatic heterocycles. The highest BCUT2D eigenvalue weighted by Crippen LogP contribution is 2.45. The van der Waals surface area contributed by atoms with Crippen molar-refractivity contribution in [2.45, 2.75) is 44.0 Å². The molecule has 2 atom stereocenters. The van der Waals surface area contributed by atoms with E-state index in [0.717, 1.165) is 13.2 Å². The highest BCUT2D eigenvalue weighted by Gasteiger charge is 2.48. The molecule has 2 rings (SSSR count). The van der Waals surface area contributed by atoms with Crippen molar-refractivity contribution in [2.24, 2.45) is 5.92 Å². The van der Waals surface area contributed by atoms with E-state index in [4.69, 9.17) is 4.74 Å². The Bertz CT molecular complexity index is 213. The standard InChI is InChI=1S/C11H21NOS/c1-4-11(9-5-6-13-7-9)12-10(2,3)8-14-11/h9,12H,4-8H2,1-3H3. The second kappa shape index (κ2) is 3.69. The Morgan fingerprint density at radius 1 is 1.50 bits per heavy atom. The van der Waals surface area contributed by atoms with Gasteiger partial charge in [0.05, 0.1) is 11.5 Å². The van der Waals surface area contributed by atoms with Crippen LogP contribution in [-0.2, 0) is 4.74 Å². The third kappa shape index (κ3) is 1.82. The lowest BCUT2D eigenvalue weighted by Gasteiger charge is -2.35. The van der Waals surface area contributed by atoms with Gasteiger partial charge < -0.3 is 4.74 Å². The molecule has 2 saturated heterocycles. The van der Waals surface area contributed by atoms with Gasteiger partial charge in [0.15, 0.2) is 0 Å². The molecule has 3 heteroatoms. The molecule has 2 heterocycles. The molecule has 82 valence electrons. The summed E-state index contributed by atoms with van der Waals surface area (Å²) in [4.78, 5) is 0.292. The zero-order chi connectivity index (χ0) is 10.2. The van der Waals surface area contributed by atoms with E-state index in [0.29, 0.717) is 16.3 Å². The Kier molecular flexibility index (Phi) is 2.84. The van der Waals surface area contributed by atoms with Gasteiger partial charge in [-0.25, -0.2) is 0 Å². The van der Waals surface area contributed by atoms with E-state index in [2.05, 4.69) is 37.8 Å². The third-order valence-corrected chi connectivity index (χ3v) is 5.46. The summed E-state index contributed by atoms with van der Waals surface area (Å²) in [6, 6.07) is 0. The van der Waals surface area contributed by atoms with Crippen molar-refractivity contribution < 1.29 is 4.74 Å². The summed E-state index contributed by atoms with van der Waals surface area (Å²) in [6.45, 7) is 8.79. The van der Waals surface area contributed by atoms with Crippen LogP contribution in [0.1, 0.15) is 33.6 Å². The first-order valence-corrected chi connectivity index (χ1v) is 6.58. The fraction of sp³-hybridized carbons (Fsp3) is 1.00. The molecule has 0 aromatic carbocycles. The van der Waals surface area contributed by atoms with Crippen LogP contribution in [0, 0.1) is 5.92 Å². The Morgan fingerprint density at radius 3 is 2.71 bits per heavy atom. The van der Waals surface area contributed by atoms with Crippen LogP contribution in [0.3, 0.4) is 0 Å². The minimum atomic E-state index is 0.292. The predicted octanol–water partition coefficient (Wildman–Crippen LogP) is 2.24. The second-order valence-electron chi connectivity index (χ2n) is 5.10.